The van der Waals surface area contributed by atoms with E-state index in [0.29, 0.717) is 42.9 Å². The molecule has 0 radical (unpaired) electrons. The average Bonchev–Trinajstić information content (AvgIpc) is 3.53. The van der Waals surface area contributed by atoms with E-state index in [2.05, 4.69) is 35.8 Å². The molecule has 0 aliphatic heterocycles. The molecule has 0 aliphatic rings. The summed E-state index contributed by atoms with van der Waals surface area (Å²) in [5.74, 6) is 3.22. The van der Waals surface area contributed by atoms with E-state index in [1.807, 2.05) is 36.4 Å². The van der Waals surface area contributed by atoms with Crippen molar-refractivity contribution in [3.8, 4) is 23.0 Å². The zero-order valence-corrected chi connectivity index (χ0v) is 15.9. The number of H-pyrrole nitrogens is 1. The Labute approximate surface area is 167 Å². The summed E-state index contributed by atoms with van der Waals surface area (Å²) in [5.41, 5.74) is 1.74. The van der Waals surface area contributed by atoms with Gasteiger partial charge in [0.2, 0.25) is 11.7 Å². The zero-order valence-electron chi connectivity index (χ0n) is 15.9. The van der Waals surface area contributed by atoms with Crippen LogP contribution >= 0.6 is 0 Å². The number of rotatable bonds is 7. The summed E-state index contributed by atoms with van der Waals surface area (Å²) in [6.07, 6.45) is 3.91. The van der Waals surface area contributed by atoms with Gasteiger partial charge in [0.25, 0.3) is 0 Å². The van der Waals surface area contributed by atoms with Crippen molar-refractivity contribution in [1.29, 1.82) is 0 Å². The topological polar surface area (TPSA) is 117 Å². The minimum absolute atomic E-state index is 0.501. The Balaban J connectivity index is 1.25. The van der Waals surface area contributed by atoms with Crippen molar-refractivity contribution >= 4 is 5.96 Å². The maximum atomic E-state index is 5.55. The molecule has 3 N–H and O–H groups in total. The highest BCUT2D eigenvalue weighted by molar-refractivity contribution is 5.79. The van der Waals surface area contributed by atoms with Crippen LogP contribution < -0.4 is 10.6 Å². The highest BCUT2D eigenvalue weighted by atomic mass is 16.3. The molecule has 0 atom stereocenters. The smallest absolute Gasteiger partial charge is 0.226 e. The molecule has 0 bridgehead atoms. The van der Waals surface area contributed by atoms with E-state index in [0.717, 1.165) is 17.1 Å². The van der Waals surface area contributed by atoms with Crippen LogP contribution in [0.3, 0.4) is 0 Å². The van der Waals surface area contributed by atoms with Crippen molar-refractivity contribution in [3.05, 3.63) is 66.5 Å². The molecule has 4 rings (SSSR count). The Hall–Kier alpha value is -3.88. The van der Waals surface area contributed by atoms with E-state index >= 15 is 0 Å². The van der Waals surface area contributed by atoms with Gasteiger partial charge >= 0.3 is 0 Å². The van der Waals surface area contributed by atoms with Crippen molar-refractivity contribution in [2.75, 3.05) is 13.6 Å². The standard InChI is InChI=1S/C20H21N7O2/c1-21-20(22-10-9-17-25-18(27-26-17)16-8-5-11-28-16)23-12-15-13-29-19(24-15)14-6-3-2-4-7-14/h2-8,11,13H,9-10,12H2,1H3,(H2,21,22,23)(H,25,26,27). The molecule has 3 heterocycles. The van der Waals surface area contributed by atoms with E-state index in [9.17, 15) is 0 Å². The number of nitrogens with one attached hydrogen (secondary N) is 3. The molecular weight excluding hydrogens is 370 g/mol. The maximum Gasteiger partial charge on any atom is 0.226 e. The van der Waals surface area contributed by atoms with Crippen LogP contribution in [-0.2, 0) is 13.0 Å². The van der Waals surface area contributed by atoms with Crippen LogP contribution in [0, 0.1) is 0 Å². The van der Waals surface area contributed by atoms with Crippen LogP contribution in [0.2, 0.25) is 0 Å². The molecule has 0 fully saturated rings. The quantitative estimate of drug-likeness (QED) is 0.327. The summed E-state index contributed by atoms with van der Waals surface area (Å²) >= 11 is 0. The summed E-state index contributed by atoms with van der Waals surface area (Å²) in [4.78, 5) is 13.1. The largest absolute Gasteiger partial charge is 0.461 e. The Kier molecular flexibility index (Phi) is 5.65. The molecule has 1 aromatic carbocycles. The summed E-state index contributed by atoms with van der Waals surface area (Å²) in [6, 6.07) is 13.4. The molecule has 9 heteroatoms. The van der Waals surface area contributed by atoms with Gasteiger partial charge in [-0.15, -0.1) is 0 Å². The SMILES string of the molecule is CN=C(NCCc1nc(-c2ccco2)n[nH]1)NCc1coc(-c2ccccc2)n1. The van der Waals surface area contributed by atoms with Gasteiger partial charge < -0.3 is 19.5 Å². The molecule has 148 valence electrons. The highest BCUT2D eigenvalue weighted by Gasteiger charge is 2.09. The first-order valence-electron chi connectivity index (χ1n) is 9.21. The van der Waals surface area contributed by atoms with Gasteiger partial charge in [0.1, 0.15) is 12.1 Å². The Morgan fingerprint density at radius 2 is 1.97 bits per heavy atom. The van der Waals surface area contributed by atoms with E-state index in [1.165, 1.54) is 0 Å². The number of benzene rings is 1. The van der Waals surface area contributed by atoms with Crippen molar-refractivity contribution in [2.24, 2.45) is 4.99 Å². The minimum atomic E-state index is 0.501. The summed E-state index contributed by atoms with van der Waals surface area (Å²) < 4.78 is 10.8. The first kappa shape index (κ1) is 18.5. The number of hydrogen-bond acceptors (Lipinski definition) is 6. The number of furan rings is 1. The van der Waals surface area contributed by atoms with Crippen LogP contribution in [0.5, 0.6) is 0 Å². The molecule has 29 heavy (non-hydrogen) atoms. The molecule has 0 amide bonds. The first-order valence-corrected chi connectivity index (χ1v) is 9.21. The molecule has 0 unspecified atom stereocenters. The fraction of sp³-hybridized carbons (Fsp3) is 0.200. The number of oxazole rings is 1. The molecule has 0 aliphatic carbocycles. The molecule has 0 saturated carbocycles. The lowest BCUT2D eigenvalue weighted by Gasteiger charge is -2.09. The Bertz CT molecular complexity index is 1050. The molecule has 3 aromatic heterocycles. The summed E-state index contributed by atoms with van der Waals surface area (Å²) in [6.45, 7) is 1.14. The lowest BCUT2D eigenvalue weighted by atomic mass is 10.2. The van der Waals surface area contributed by atoms with Crippen molar-refractivity contribution < 1.29 is 8.83 Å². The van der Waals surface area contributed by atoms with E-state index in [4.69, 9.17) is 8.83 Å². The third-order valence-corrected chi connectivity index (χ3v) is 4.16. The minimum Gasteiger partial charge on any atom is -0.461 e. The Morgan fingerprint density at radius 3 is 2.76 bits per heavy atom. The number of hydrogen-bond donors (Lipinski definition) is 3. The molecular formula is C20H21N7O2. The number of aliphatic imine (C=N–C) groups is 1. The second-order valence-electron chi connectivity index (χ2n) is 6.20. The maximum absolute atomic E-state index is 5.55. The molecule has 0 saturated heterocycles. The second-order valence-corrected chi connectivity index (χ2v) is 6.20. The fourth-order valence-electron chi connectivity index (χ4n) is 2.72. The van der Waals surface area contributed by atoms with Crippen LogP contribution in [0.25, 0.3) is 23.0 Å². The van der Waals surface area contributed by atoms with Crippen molar-refractivity contribution in [2.45, 2.75) is 13.0 Å². The predicted molar refractivity (Wildman–Crippen MR) is 108 cm³/mol. The predicted octanol–water partition coefficient (Wildman–Crippen LogP) is 2.63. The average molecular weight is 391 g/mol. The molecule has 0 spiro atoms. The van der Waals surface area contributed by atoms with Gasteiger partial charge in [0.15, 0.2) is 11.7 Å². The first-order chi connectivity index (χ1) is 14.3. The number of guanidine groups is 1. The van der Waals surface area contributed by atoms with Gasteiger partial charge in [-0.25, -0.2) is 9.97 Å². The second kappa shape index (κ2) is 8.87. The third-order valence-electron chi connectivity index (χ3n) is 4.16. The van der Waals surface area contributed by atoms with Gasteiger partial charge in [-0.2, -0.15) is 5.10 Å². The number of aromatic amines is 1. The van der Waals surface area contributed by atoms with E-state index in [1.54, 1.807) is 25.6 Å². The van der Waals surface area contributed by atoms with Crippen LogP contribution in [-0.4, -0.2) is 39.7 Å². The lowest BCUT2D eigenvalue weighted by molar-refractivity contribution is 0.572. The van der Waals surface area contributed by atoms with Crippen LogP contribution in [0.1, 0.15) is 11.5 Å². The fourth-order valence-corrected chi connectivity index (χ4v) is 2.72. The highest BCUT2D eigenvalue weighted by Crippen LogP contribution is 2.17. The zero-order chi connectivity index (χ0) is 19.9. The van der Waals surface area contributed by atoms with E-state index < -0.39 is 0 Å². The van der Waals surface area contributed by atoms with Crippen molar-refractivity contribution in [3.63, 3.8) is 0 Å². The normalized spacial score (nSPS) is 11.6. The number of nitrogens with zero attached hydrogens (tertiary/aromatic N) is 4. The van der Waals surface area contributed by atoms with Gasteiger partial charge in [-0.05, 0) is 24.3 Å². The van der Waals surface area contributed by atoms with Gasteiger partial charge in [-0.3, -0.25) is 10.1 Å². The van der Waals surface area contributed by atoms with Gasteiger partial charge in [0, 0.05) is 25.6 Å². The lowest BCUT2D eigenvalue weighted by Crippen LogP contribution is -2.38. The summed E-state index contributed by atoms with van der Waals surface area (Å²) in [5, 5.41) is 13.5. The molecule has 4 aromatic rings. The molecule has 9 nitrogen and oxygen atoms in total. The van der Waals surface area contributed by atoms with E-state index in [-0.39, 0.29) is 0 Å². The van der Waals surface area contributed by atoms with Crippen LogP contribution in [0.15, 0.2) is 68.8 Å². The van der Waals surface area contributed by atoms with Gasteiger partial charge in [0.05, 0.1) is 18.5 Å². The van der Waals surface area contributed by atoms with Crippen LogP contribution in [0.4, 0.5) is 0 Å². The monoisotopic (exact) mass is 391 g/mol. The Morgan fingerprint density at radius 1 is 1.07 bits per heavy atom. The van der Waals surface area contributed by atoms with Crippen molar-refractivity contribution in [1.82, 2.24) is 30.8 Å². The number of aromatic nitrogens is 4. The summed E-state index contributed by atoms with van der Waals surface area (Å²) in [7, 11) is 1.72. The third kappa shape index (κ3) is 4.70. The van der Waals surface area contributed by atoms with Gasteiger partial charge in [-0.1, -0.05) is 18.2 Å².